The number of carbonyl (C=O) groups is 2. The first kappa shape index (κ1) is 32.8. The van der Waals surface area contributed by atoms with Gasteiger partial charge in [-0.15, -0.1) is 5.54 Å². The fourth-order valence-corrected chi connectivity index (χ4v) is 12.9. The van der Waals surface area contributed by atoms with E-state index in [9.17, 15) is 9.59 Å². The van der Waals surface area contributed by atoms with E-state index in [1.165, 1.54) is 13.8 Å². The van der Waals surface area contributed by atoms with E-state index < -0.39 is 46.3 Å². The van der Waals surface area contributed by atoms with E-state index in [-0.39, 0.29) is 18.1 Å². The number of benzene rings is 2. The minimum absolute atomic E-state index is 0.143. The molecule has 0 aromatic heterocycles. The van der Waals surface area contributed by atoms with Crippen LogP contribution in [0.2, 0.25) is 23.2 Å². The van der Waals surface area contributed by atoms with E-state index in [1.807, 2.05) is 36.4 Å². The molecule has 1 heterocycles. The molecule has 3 atom stereocenters. The van der Waals surface area contributed by atoms with Gasteiger partial charge < -0.3 is 18.6 Å². The number of hydrogen-bond acceptors (Lipinski definition) is 6. The van der Waals surface area contributed by atoms with Gasteiger partial charge in [-0.2, -0.15) is 0 Å². The Bertz CT molecular complexity index is 1150. The first-order valence-electron chi connectivity index (χ1n) is 14.7. The predicted octanol–water partition coefficient (Wildman–Crippen LogP) is 5.59. The van der Waals surface area contributed by atoms with Crippen molar-refractivity contribution in [2.24, 2.45) is 0 Å². The zero-order valence-electron chi connectivity index (χ0n) is 25.9. The van der Waals surface area contributed by atoms with Crippen LogP contribution in [-0.2, 0) is 28.2 Å². The van der Waals surface area contributed by atoms with Crippen LogP contribution in [0.3, 0.4) is 0 Å². The standard InChI is InChI=1S/C33H46O6Si2/c1-9-40(10-2,11-3)23-22-33(24-30(37-26(4)34)31(39-33)38-27(5)35)25-36-41(32(6,7)8,28-18-14-12-15-19-28)29-20-16-13-17-21-29/h12-21,30-31H,9-11,24-25H2,1-8H3/t30?,31?,33-/m0/s1. The van der Waals surface area contributed by atoms with Crippen LogP contribution in [0.15, 0.2) is 60.7 Å². The fourth-order valence-electron chi connectivity index (χ4n) is 5.80. The monoisotopic (exact) mass is 594 g/mol. The molecule has 0 amide bonds. The van der Waals surface area contributed by atoms with Crippen LogP contribution in [0.4, 0.5) is 0 Å². The molecule has 2 aromatic carbocycles. The van der Waals surface area contributed by atoms with Crippen molar-refractivity contribution in [2.75, 3.05) is 6.61 Å². The van der Waals surface area contributed by atoms with Crippen molar-refractivity contribution in [3.63, 3.8) is 0 Å². The Morgan fingerprint density at radius 3 is 1.78 bits per heavy atom. The van der Waals surface area contributed by atoms with Gasteiger partial charge in [-0.3, -0.25) is 9.59 Å². The summed E-state index contributed by atoms with van der Waals surface area (Å²) >= 11 is 0. The highest BCUT2D eigenvalue weighted by molar-refractivity contribution is 6.99. The lowest BCUT2D eigenvalue weighted by Crippen LogP contribution is -2.67. The maximum atomic E-state index is 12.0. The van der Waals surface area contributed by atoms with E-state index in [4.69, 9.17) is 18.6 Å². The SMILES string of the molecule is CC[Si](C#C[C@@]1(CO[Si](c2ccccc2)(c2ccccc2)C(C)(C)C)CC(OC(C)=O)C(OC(C)=O)O1)(CC)CC. The highest BCUT2D eigenvalue weighted by atomic mass is 28.4. The first-order chi connectivity index (χ1) is 19.4. The van der Waals surface area contributed by atoms with Gasteiger partial charge in [0.2, 0.25) is 6.29 Å². The molecule has 0 aliphatic carbocycles. The summed E-state index contributed by atoms with van der Waals surface area (Å²) in [4.78, 5) is 24.1. The van der Waals surface area contributed by atoms with Crippen LogP contribution >= 0.6 is 0 Å². The van der Waals surface area contributed by atoms with Gasteiger partial charge in [-0.25, -0.2) is 0 Å². The normalized spacial score (nSPS) is 21.1. The van der Waals surface area contributed by atoms with Crippen LogP contribution in [0, 0.1) is 11.5 Å². The molecule has 0 saturated carbocycles. The fraction of sp³-hybridized carbons (Fsp3) is 0.515. The van der Waals surface area contributed by atoms with Crippen LogP contribution in [0.25, 0.3) is 0 Å². The molecule has 2 aromatic rings. The molecule has 1 aliphatic heterocycles. The molecular formula is C33H46O6Si2. The lowest BCUT2D eigenvalue weighted by atomic mass is 10.0. The minimum Gasteiger partial charge on any atom is -0.456 e. The van der Waals surface area contributed by atoms with Gasteiger partial charge >= 0.3 is 11.9 Å². The molecule has 1 saturated heterocycles. The highest BCUT2D eigenvalue weighted by Crippen LogP contribution is 2.40. The van der Waals surface area contributed by atoms with Crippen molar-refractivity contribution in [1.29, 1.82) is 0 Å². The second-order valence-electron chi connectivity index (χ2n) is 12.0. The molecule has 3 rings (SSSR count). The molecule has 8 heteroatoms. The lowest BCUT2D eigenvalue weighted by molar-refractivity contribution is -0.201. The zero-order chi connectivity index (χ0) is 30.3. The molecular weight excluding hydrogens is 549 g/mol. The first-order valence-corrected chi connectivity index (χ1v) is 19.2. The molecule has 2 unspecified atom stereocenters. The Hall–Kier alpha value is -2.71. The summed E-state index contributed by atoms with van der Waals surface area (Å²) in [5.74, 6) is 2.55. The number of hydrogen-bond donors (Lipinski definition) is 0. The molecule has 1 fully saturated rings. The van der Waals surface area contributed by atoms with Crippen molar-refractivity contribution < 1.29 is 28.2 Å². The molecule has 0 spiro atoms. The van der Waals surface area contributed by atoms with E-state index in [2.05, 4.69) is 77.3 Å². The van der Waals surface area contributed by atoms with Gasteiger partial charge in [0.05, 0.1) is 6.61 Å². The topological polar surface area (TPSA) is 71.1 Å². The minimum atomic E-state index is -2.92. The van der Waals surface area contributed by atoms with E-state index in [1.54, 1.807) is 0 Å². The van der Waals surface area contributed by atoms with Gasteiger partial charge in [0.1, 0.15) is 8.07 Å². The quantitative estimate of drug-likeness (QED) is 0.203. The van der Waals surface area contributed by atoms with Gasteiger partial charge in [-0.1, -0.05) is 108 Å². The van der Waals surface area contributed by atoms with Crippen molar-refractivity contribution in [3.8, 4) is 11.5 Å². The van der Waals surface area contributed by atoms with E-state index >= 15 is 0 Å². The Kier molecular flexibility index (Phi) is 10.8. The predicted molar refractivity (Wildman–Crippen MR) is 168 cm³/mol. The van der Waals surface area contributed by atoms with Gasteiger partial charge in [0, 0.05) is 20.3 Å². The third-order valence-corrected chi connectivity index (χ3v) is 18.0. The van der Waals surface area contributed by atoms with E-state index in [0.29, 0.717) is 0 Å². The number of ether oxygens (including phenoxy) is 3. The molecule has 0 radical (unpaired) electrons. The average molecular weight is 595 g/mol. The summed E-state index contributed by atoms with van der Waals surface area (Å²) in [6.45, 7) is 16.1. The molecule has 0 N–H and O–H groups in total. The second-order valence-corrected chi connectivity index (χ2v) is 21.2. The van der Waals surface area contributed by atoms with Gasteiger partial charge in [0.15, 0.2) is 11.7 Å². The van der Waals surface area contributed by atoms with Crippen molar-refractivity contribution in [2.45, 2.75) is 103 Å². The van der Waals surface area contributed by atoms with E-state index in [0.717, 1.165) is 28.5 Å². The third-order valence-electron chi connectivity index (χ3n) is 8.30. The lowest BCUT2D eigenvalue weighted by Gasteiger charge is -2.44. The van der Waals surface area contributed by atoms with Crippen LogP contribution in [-0.4, -0.2) is 52.9 Å². The van der Waals surface area contributed by atoms with Gasteiger partial charge in [-0.05, 0) is 33.5 Å². The largest absolute Gasteiger partial charge is 0.456 e. The van der Waals surface area contributed by atoms with Crippen molar-refractivity contribution >= 4 is 38.7 Å². The molecule has 41 heavy (non-hydrogen) atoms. The van der Waals surface area contributed by atoms with Crippen LogP contribution in [0.5, 0.6) is 0 Å². The maximum absolute atomic E-state index is 12.0. The summed E-state index contributed by atoms with van der Waals surface area (Å²) in [6.07, 6.45) is -1.60. The molecule has 0 bridgehead atoms. The third kappa shape index (κ3) is 7.39. The van der Waals surface area contributed by atoms with Crippen LogP contribution in [0.1, 0.15) is 61.8 Å². The zero-order valence-corrected chi connectivity index (χ0v) is 27.9. The van der Waals surface area contributed by atoms with Gasteiger partial charge in [0.25, 0.3) is 8.32 Å². The Morgan fingerprint density at radius 1 is 0.878 bits per heavy atom. The number of esters is 2. The number of rotatable bonds is 10. The van der Waals surface area contributed by atoms with Crippen LogP contribution < -0.4 is 10.4 Å². The number of carbonyl (C=O) groups excluding carboxylic acids is 2. The summed E-state index contributed by atoms with van der Waals surface area (Å²) in [7, 11) is -4.80. The summed E-state index contributed by atoms with van der Waals surface area (Å²) in [5.41, 5.74) is 2.57. The Labute approximate surface area is 248 Å². The average Bonchev–Trinajstić information content (AvgIpc) is 3.26. The summed E-state index contributed by atoms with van der Waals surface area (Å²) in [5, 5.41) is 2.04. The van der Waals surface area contributed by atoms with Crippen molar-refractivity contribution in [3.05, 3.63) is 60.7 Å². The molecule has 222 valence electrons. The Morgan fingerprint density at radius 2 is 1.37 bits per heavy atom. The molecule has 1 aliphatic rings. The molecule has 6 nitrogen and oxygen atoms in total. The summed E-state index contributed by atoms with van der Waals surface area (Å²) in [6, 6.07) is 23.9. The smallest absolute Gasteiger partial charge is 0.305 e. The highest BCUT2D eigenvalue weighted by Gasteiger charge is 2.55. The van der Waals surface area contributed by atoms with Crippen molar-refractivity contribution in [1.82, 2.24) is 0 Å². The Balaban J connectivity index is 2.18. The summed E-state index contributed by atoms with van der Waals surface area (Å²) < 4.78 is 24.9. The second kappa shape index (κ2) is 13.5. The maximum Gasteiger partial charge on any atom is 0.305 e.